The number of hydrogen-bond donors (Lipinski definition) is 1. The van der Waals surface area contributed by atoms with Crippen molar-refractivity contribution in [2.45, 2.75) is 6.54 Å². The molecule has 1 aliphatic rings. The summed E-state index contributed by atoms with van der Waals surface area (Å²) < 4.78 is 0. The number of benzene rings is 1. The van der Waals surface area contributed by atoms with Gasteiger partial charge in [-0.05, 0) is 17.7 Å². The third-order valence-corrected chi connectivity index (χ3v) is 5.37. The predicted molar refractivity (Wildman–Crippen MR) is 110 cm³/mol. The Kier molecular flexibility index (Phi) is 10.3. The Balaban J connectivity index is 2.15. The second-order valence-corrected chi connectivity index (χ2v) is 7.96. The molecular weight excluding hydrogens is 418 g/mol. The molecule has 2 rings (SSSR count). The second kappa shape index (κ2) is 13.0. The smallest absolute Gasteiger partial charge is 0.0555 e. The van der Waals surface area contributed by atoms with Gasteiger partial charge in [0, 0.05) is 84.2 Å². The molecule has 1 fully saturated rings. The number of anilines is 1. The lowest BCUT2D eigenvalue weighted by Crippen LogP contribution is -2.51. The molecule has 11 heteroatoms. The van der Waals surface area contributed by atoms with E-state index in [1.165, 1.54) is 0 Å². The zero-order valence-corrected chi connectivity index (χ0v) is 18.1. The van der Waals surface area contributed by atoms with Gasteiger partial charge < -0.3 is 35.4 Å². The topological polar surface area (TPSA) is 159 Å². The third kappa shape index (κ3) is 10.1. The average molecular weight is 449 g/mol. The molecule has 0 bridgehead atoms. The van der Waals surface area contributed by atoms with E-state index in [4.69, 9.17) is 5.73 Å². The molecule has 0 saturated carbocycles. The van der Waals surface area contributed by atoms with E-state index in [0.717, 1.165) is 5.56 Å². The summed E-state index contributed by atoms with van der Waals surface area (Å²) in [4.78, 5) is 40.6. The minimum atomic E-state index is -1.25. The predicted octanol–water partition coefficient (Wildman–Crippen LogP) is -4.76. The molecule has 1 aliphatic heterocycles. The van der Waals surface area contributed by atoms with Gasteiger partial charge in [-0.3, -0.25) is 19.6 Å². The summed E-state index contributed by atoms with van der Waals surface area (Å²) in [6.45, 7) is 2.97. The van der Waals surface area contributed by atoms with Crippen molar-refractivity contribution in [2.24, 2.45) is 0 Å². The Morgan fingerprint density at radius 2 is 0.938 bits per heavy atom. The highest BCUT2D eigenvalue weighted by molar-refractivity contribution is 5.67. The van der Waals surface area contributed by atoms with Crippen molar-refractivity contribution in [3.63, 3.8) is 0 Å². The fraction of sp³-hybridized carbons (Fsp3) is 0.571. The summed E-state index contributed by atoms with van der Waals surface area (Å²) in [6.07, 6.45) is 0. The van der Waals surface area contributed by atoms with Crippen molar-refractivity contribution in [3.8, 4) is 0 Å². The van der Waals surface area contributed by atoms with Gasteiger partial charge in [-0.1, -0.05) is 12.1 Å². The molecule has 0 aromatic heterocycles. The number of carboxylic acids is 3. The number of carbonyl (C=O) groups is 3. The highest BCUT2D eigenvalue weighted by Gasteiger charge is 2.17. The highest BCUT2D eigenvalue weighted by Crippen LogP contribution is 2.10. The van der Waals surface area contributed by atoms with Gasteiger partial charge in [-0.15, -0.1) is 0 Å². The summed E-state index contributed by atoms with van der Waals surface area (Å²) in [6, 6.07) is 7.45. The summed E-state index contributed by atoms with van der Waals surface area (Å²) in [7, 11) is 0. The minimum Gasteiger partial charge on any atom is -0.549 e. The molecule has 0 aliphatic carbocycles. The molecule has 1 heterocycles. The fourth-order valence-electron chi connectivity index (χ4n) is 3.64. The van der Waals surface area contributed by atoms with Crippen LogP contribution in [0.5, 0.6) is 0 Å². The molecule has 0 unspecified atom stereocenters. The Labute approximate surface area is 187 Å². The van der Waals surface area contributed by atoms with Crippen LogP contribution in [0.2, 0.25) is 0 Å². The van der Waals surface area contributed by atoms with Crippen LogP contribution in [0.15, 0.2) is 24.3 Å². The second-order valence-electron chi connectivity index (χ2n) is 7.96. The molecule has 32 heavy (non-hydrogen) atoms. The molecule has 178 valence electrons. The van der Waals surface area contributed by atoms with Crippen LogP contribution >= 0.6 is 0 Å². The summed E-state index contributed by atoms with van der Waals surface area (Å²) >= 11 is 0. The lowest BCUT2D eigenvalue weighted by Gasteiger charge is -2.34. The van der Waals surface area contributed by atoms with E-state index in [2.05, 4.69) is 4.90 Å². The van der Waals surface area contributed by atoms with E-state index in [0.29, 0.717) is 64.6 Å². The maximum Gasteiger partial charge on any atom is 0.0555 e. The van der Waals surface area contributed by atoms with E-state index < -0.39 is 17.9 Å². The summed E-state index contributed by atoms with van der Waals surface area (Å²) in [5, 5.41) is 33.5. The molecular formula is C21H30N5O6-3. The van der Waals surface area contributed by atoms with E-state index in [-0.39, 0.29) is 19.6 Å². The lowest BCUT2D eigenvalue weighted by atomic mass is 10.2. The molecule has 0 amide bonds. The van der Waals surface area contributed by atoms with Crippen molar-refractivity contribution in [1.29, 1.82) is 0 Å². The van der Waals surface area contributed by atoms with Crippen LogP contribution in [0, 0.1) is 0 Å². The van der Waals surface area contributed by atoms with Gasteiger partial charge in [0.1, 0.15) is 0 Å². The Morgan fingerprint density at radius 1 is 0.625 bits per heavy atom. The first-order valence-electron chi connectivity index (χ1n) is 10.5. The average Bonchev–Trinajstić information content (AvgIpc) is 2.70. The van der Waals surface area contributed by atoms with Crippen molar-refractivity contribution < 1.29 is 29.7 Å². The van der Waals surface area contributed by atoms with Crippen LogP contribution in [0.25, 0.3) is 0 Å². The van der Waals surface area contributed by atoms with E-state index in [1.807, 2.05) is 24.3 Å². The number of rotatable bonds is 8. The first-order chi connectivity index (χ1) is 15.2. The van der Waals surface area contributed by atoms with Crippen LogP contribution in [-0.2, 0) is 20.9 Å². The fourth-order valence-corrected chi connectivity index (χ4v) is 3.64. The van der Waals surface area contributed by atoms with Gasteiger partial charge in [0.05, 0.1) is 17.9 Å². The molecule has 0 atom stereocenters. The van der Waals surface area contributed by atoms with Crippen LogP contribution in [0.1, 0.15) is 5.56 Å². The van der Waals surface area contributed by atoms with Crippen LogP contribution in [0.3, 0.4) is 0 Å². The molecule has 11 nitrogen and oxygen atoms in total. The summed E-state index contributed by atoms with van der Waals surface area (Å²) in [5.74, 6) is -3.65. The van der Waals surface area contributed by atoms with Gasteiger partial charge in [-0.2, -0.15) is 0 Å². The van der Waals surface area contributed by atoms with Crippen LogP contribution in [0.4, 0.5) is 5.69 Å². The van der Waals surface area contributed by atoms with Gasteiger partial charge in [-0.25, -0.2) is 0 Å². The van der Waals surface area contributed by atoms with Crippen LogP contribution in [-0.4, -0.2) is 109 Å². The van der Waals surface area contributed by atoms with E-state index in [1.54, 1.807) is 14.7 Å². The van der Waals surface area contributed by atoms with Crippen molar-refractivity contribution >= 4 is 23.6 Å². The summed E-state index contributed by atoms with van der Waals surface area (Å²) in [5.41, 5.74) is 7.44. The van der Waals surface area contributed by atoms with Gasteiger partial charge in [0.2, 0.25) is 0 Å². The normalized spacial score (nSPS) is 18.5. The SMILES string of the molecule is Nc1ccc(CN2CCN(CC(=O)[O-])CCN(CC(=O)[O-])CCN(CC(=O)[O-])CC2)cc1. The number of hydrogen-bond acceptors (Lipinski definition) is 11. The minimum absolute atomic E-state index is 0.258. The van der Waals surface area contributed by atoms with Crippen molar-refractivity contribution in [2.75, 3.05) is 77.7 Å². The number of carbonyl (C=O) groups excluding carboxylic acids is 3. The number of nitrogen functional groups attached to an aromatic ring is 1. The molecule has 1 aromatic rings. The number of nitrogens with two attached hydrogens (primary N) is 1. The quantitative estimate of drug-likeness (QED) is 0.380. The highest BCUT2D eigenvalue weighted by atomic mass is 16.4. The van der Waals surface area contributed by atoms with Crippen molar-refractivity contribution in [1.82, 2.24) is 19.6 Å². The largest absolute Gasteiger partial charge is 0.549 e. The van der Waals surface area contributed by atoms with E-state index >= 15 is 0 Å². The lowest BCUT2D eigenvalue weighted by molar-refractivity contribution is -0.308. The Hall–Kier alpha value is -2.73. The monoisotopic (exact) mass is 448 g/mol. The first kappa shape index (κ1) is 25.5. The maximum atomic E-state index is 11.2. The van der Waals surface area contributed by atoms with E-state index in [9.17, 15) is 29.7 Å². The Bertz CT molecular complexity index is 728. The zero-order chi connectivity index (χ0) is 23.5. The molecule has 2 N–H and O–H groups in total. The standard InChI is InChI=1S/C21H33N5O6/c22-18-3-1-17(2-4-18)13-23-5-7-24(14-19(27)28)9-11-26(16-21(31)32)12-10-25(8-6-23)15-20(29)30/h1-4H,5-16,22H2,(H,27,28)(H,29,30)(H,31,32)/p-3. The number of aliphatic carboxylic acids is 3. The molecule has 0 spiro atoms. The maximum absolute atomic E-state index is 11.2. The number of carboxylic acid groups (broad SMARTS) is 3. The van der Waals surface area contributed by atoms with Gasteiger partial charge in [0.15, 0.2) is 0 Å². The third-order valence-electron chi connectivity index (χ3n) is 5.37. The molecule has 1 aromatic carbocycles. The molecule has 1 saturated heterocycles. The zero-order valence-electron chi connectivity index (χ0n) is 18.1. The van der Waals surface area contributed by atoms with Gasteiger partial charge >= 0.3 is 0 Å². The van der Waals surface area contributed by atoms with Gasteiger partial charge in [0.25, 0.3) is 0 Å². The van der Waals surface area contributed by atoms with Crippen molar-refractivity contribution in [3.05, 3.63) is 29.8 Å². The number of nitrogens with zero attached hydrogens (tertiary/aromatic N) is 4. The Morgan fingerprint density at radius 3 is 1.25 bits per heavy atom. The van der Waals surface area contributed by atoms with Crippen LogP contribution < -0.4 is 21.1 Å². The first-order valence-corrected chi connectivity index (χ1v) is 10.5. The molecule has 0 radical (unpaired) electrons.